The summed E-state index contributed by atoms with van der Waals surface area (Å²) in [7, 11) is 2.85. The molecule has 8 heteroatoms. The third-order valence-electron chi connectivity index (χ3n) is 3.04. The summed E-state index contributed by atoms with van der Waals surface area (Å²) in [6.07, 6.45) is 1.90. The molecule has 0 N–H and O–H groups in total. The summed E-state index contributed by atoms with van der Waals surface area (Å²) in [6, 6.07) is 8.52. The number of oxime groups is 2. The minimum Gasteiger partial charge on any atom is -0.399 e. The van der Waals surface area contributed by atoms with Crippen molar-refractivity contribution in [2.75, 3.05) is 14.2 Å². The van der Waals surface area contributed by atoms with E-state index >= 15 is 0 Å². The number of hydrogen-bond acceptors (Lipinski definition) is 4. The Morgan fingerprint density at radius 1 is 1.00 bits per heavy atom. The summed E-state index contributed by atoms with van der Waals surface area (Å²) >= 11 is 3.17. The first kappa shape index (κ1) is 21.7. The van der Waals surface area contributed by atoms with E-state index in [2.05, 4.69) is 35.9 Å². The Morgan fingerprint density at radius 3 is 2.31 bits per heavy atom. The van der Waals surface area contributed by atoms with E-state index in [0.717, 1.165) is 12.1 Å². The van der Waals surface area contributed by atoms with E-state index in [1.165, 1.54) is 32.6 Å². The highest BCUT2D eigenvalue weighted by Crippen LogP contribution is 2.16. The van der Waals surface area contributed by atoms with E-state index in [-0.39, 0.29) is 5.82 Å². The molecule has 0 spiro atoms. The van der Waals surface area contributed by atoms with Gasteiger partial charge in [-0.3, -0.25) is 0 Å². The van der Waals surface area contributed by atoms with Crippen molar-refractivity contribution in [1.29, 1.82) is 0 Å². The van der Waals surface area contributed by atoms with Crippen molar-refractivity contribution in [1.82, 2.24) is 0 Å². The van der Waals surface area contributed by atoms with Crippen LogP contribution < -0.4 is 0 Å². The van der Waals surface area contributed by atoms with Gasteiger partial charge in [0, 0.05) is 22.7 Å². The first-order valence-electron chi connectivity index (χ1n) is 7.41. The summed E-state index contributed by atoms with van der Waals surface area (Å²) in [6.45, 7) is 1.69. The molecule has 0 aliphatic carbocycles. The molecule has 2 rings (SSSR count). The van der Waals surface area contributed by atoms with E-state index in [1.807, 2.05) is 0 Å². The molecule has 0 aliphatic heterocycles. The second kappa shape index (κ2) is 11.3. The molecule has 0 saturated carbocycles. The second-order valence-corrected chi connectivity index (χ2v) is 5.82. The van der Waals surface area contributed by atoms with Crippen molar-refractivity contribution in [2.45, 2.75) is 13.3 Å². The van der Waals surface area contributed by atoms with Gasteiger partial charge in [0.25, 0.3) is 0 Å². The van der Waals surface area contributed by atoms with Gasteiger partial charge in [-0.1, -0.05) is 32.3 Å². The zero-order chi connectivity index (χ0) is 19.5. The van der Waals surface area contributed by atoms with Crippen LogP contribution in [0.5, 0.6) is 0 Å². The maximum Gasteiger partial charge on any atom is 0.159 e. The third kappa shape index (κ3) is 7.26. The van der Waals surface area contributed by atoms with Gasteiger partial charge in [0.05, 0.1) is 5.71 Å². The Labute approximate surface area is 158 Å². The van der Waals surface area contributed by atoms with Crippen molar-refractivity contribution >= 4 is 27.9 Å². The Hall–Kier alpha value is -2.35. The average Bonchev–Trinajstić information content (AvgIpc) is 2.59. The predicted molar refractivity (Wildman–Crippen MR) is 98.9 cm³/mol. The van der Waals surface area contributed by atoms with Crippen LogP contribution in [0.3, 0.4) is 0 Å². The molecular formula is C18H18BrF3N2O2. The molecule has 2 aromatic carbocycles. The fraction of sp³-hybridized carbons (Fsp3) is 0.222. The molecule has 4 nitrogen and oxygen atoms in total. The van der Waals surface area contributed by atoms with Gasteiger partial charge in [-0.15, -0.1) is 0 Å². The molecule has 0 atom stereocenters. The zero-order valence-corrected chi connectivity index (χ0v) is 16.1. The first-order valence-corrected chi connectivity index (χ1v) is 8.20. The van der Waals surface area contributed by atoms with E-state index < -0.39 is 11.6 Å². The van der Waals surface area contributed by atoms with Crippen molar-refractivity contribution in [2.24, 2.45) is 10.3 Å². The molecule has 0 heterocycles. The molecule has 0 fully saturated rings. The largest absolute Gasteiger partial charge is 0.399 e. The number of halogens is 4. The van der Waals surface area contributed by atoms with Crippen LogP contribution in [0.4, 0.5) is 13.2 Å². The number of rotatable bonds is 5. The lowest BCUT2D eigenvalue weighted by Crippen LogP contribution is -1.99. The summed E-state index contributed by atoms with van der Waals surface area (Å²) < 4.78 is 39.1. The lowest BCUT2D eigenvalue weighted by atomic mass is 10.1. The van der Waals surface area contributed by atoms with Gasteiger partial charge >= 0.3 is 0 Å². The molecule has 140 valence electrons. The molecule has 0 unspecified atom stereocenters. The minimum atomic E-state index is -0.844. The average molecular weight is 431 g/mol. The van der Waals surface area contributed by atoms with E-state index in [4.69, 9.17) is 0 Å². The summed E-state index contributed by atoms with van der Waals surface area (Å²) in [5, 5.41) is 7.12. The Kier molecular flexibility index (Phi) is 9.43. The van der Waals surface area contributed by atoms with Crippen molar-refractivity contribution in [3.63, 3.8) is 0 Å². The van der Waals surface area contributed by atoms with Crippen LogP contribution in [-0.2, 0) is 16.1 Å². The van der Waals surface area contributed by atoms with Gasteiger partial charge in [0.1, 0.15) is 20.0 Å². The topological polar surface area (TPSA) is 43.2 Å². The van der Waals surface area contributed by atoms with Gasteiger partial charge in [-0.2, -0.15) is 0 Å². The summed E-state index contributed by atoms with van der Waals surface area (Å²) in [5.74, 6) is -2.00. The van der Waals surface area contributed by atoms with Gasteiger partial charge < -0.3 is 9.68 Å². The third-order valence-corrected chi connectivity index (χ3v) is 3.53. The number of nitrogens with zero attached hydrogens (tertiary/aromatic N) is 2. The van der Waals surface area contributed by atoms with Crippen LogP contribution in [0.2, 0.25) is 0 Å². The van der Waals surface area contributed by atoms with E-state index in [0.29, 0.717) is 27.7 Å². The Bertz CT molecular complexity index is 783. The molecule has 2 aromatic rings. The molecule has 0 bridgehead atoms. The Balaban J connectivity index is 0.000000260. The van der Waals surface area contributed by atoms with Crippen LogP contribution in [0.15, 0.2) is 51.2 Å². The molecule has 0 aliphatic rings. The standard InChI is InChI=1S/C9H9BrFNO.C9H9F2NO/c1-6(12-13-2)8-4-3-7(10)5-9(8)11;1-13-12-5-4-7-2-3-8(10)9(11)6-7/h3-5H,1-2H3;2-3,5-6H,4H2,1H3. The van der Waals surface area contributed by atoms with Crippen LogP contribution in [-0.4, -0.2) is 26.1 Å². The maximum atomic E-state index is 13.3. The van der Waals surface area contributed by atoms with Crippen LogP contribution in [0.1, 0.15) is 18.1 Å². The van der Waals surface area contributed by atoms with Gasteiger partial charge in [-0.25, -0.2) is 13.2 Å². The molecular weight excluding hydrogens is 413 g/mol. The fourth-order valence-electron chi connectivity index (χ4n) is 1.85. The zero-order valence-electron chi connectivity index (χ0n) is 14.5. The molecule has 26 heavy (non-hydrogen) atoms. The second-order valence-electron chi connectivity index (χ2n) is 4.91. The highest BCUT2D eigenvalue weighted by Gasteiger charge is 2.05. The lowest BCUT2D eigenvalue weighted by Gasteiger charge is -2.01. The number of benzene rings is 2. The predicted octanol–water partition coefficient (Wildman–Crippen LogP) is 5.10. The maximum absolute atomic E-state index is 13.3. The smallest absolute Gasteiger partial charge is 0.159 e. The quantitative estimate of drug-likeness (QED) is 0.489. The van der Waals surface area contributed by atoms with E-state index in [9.17, 15) is 13.2 Å². The van der Waals surface area contributed by atoms with Crippen molar-refractivity contribution in [3.8, 4) is 0 Å². The van der Waals surface area contributed by atoms with Gasteiger partial charge in [0.15, 0.2) is 11.6 Å². The van der Waals surface area contributed by atoms with Crippen molar-refractivity contribution < 1.29 is 22.8 Å². The SMILES string of the molecule is CON=C(C)c1ccc(Br)cc1F.CON=CCc1ccc(F)c(F)c1. The number of hydrogen-bond donors (Lipinski definition) is 0. The van der Waals surface area contributed by atoms with Gasteiger partial charge in [-0.05, 0) is 42.8 Å². The van der Waals surface area contributed by atoms with E-state index in [1.54, 1.807) is 19.1 Å². The molecule has 0 radical (unpaired) electrons. The van der Waals surface area contributed by atoms with Crippen LogP contribution in [0.25, 0.3) is 0 Å². The molecule has 0 saturated heterocycles. The van der Waals surface area contributed by atoms with Crippen LogP contribution in [0, 0.1) is 17.5 Å². The first-order chi connectivity index (χ1) is 12.4. The normalized spacial score (nSPS) is 11.1. The summed E-state index contributed by atoms with van der Waals surface area (Å²) in [4.78, 5) is 8.97. The highest BCUT2D eigenvalue weighted by atomic mass is 79.9. The van der Waals surface area contributed by atoms with Crippen molar-refractivity contribution in [3.05, 3.63) is 69.4 Å². The lowest BCUT2D eigenvalue weighted by molar-refractivity contribution is 0.213. The molecule has 0 aromatic heterocycles. The van der Waals surface area contributed by atoms with Gasteiger partial charge in [0.2, 0.25) is 0 Å². The summed E-state index contributed by atoms with van der Waals surface area (Å²) in [5.41, 5.74) is 1.62. The Morgan fingerprint density at radius 2 is 1.73 bits per heavy atom. The van der Waals surface area contributed by atoms with Crippen LogP contribution >= 0.6 is 15.9 Å². The molecule has 0 amide bonds. The monoisotopic (exact) mass is 430 g/mol. The fourth-order valence-corrected chi connectivity index (χ4v) is 2.19. The minimum absolute atomic E-state index is 0.312. The highest BCUT2D eigenvalue weighted by molar-refractivity contribution is 9.10.